The van der Waals surface area contributed by atoms with Crippen molar-refractivity contribution < 1.29 is 0 Å². The predicted molar refractivity (Wildman–Crippen MR) is 79.9 cm³/mol. The Hall–Kier alpha value is -0.800. The van der Waals surface area contributed by atoms with E-state index in [2.05, 4.69) is 29.2 Å². The summed E-state index contributed by atoms with van der Waals surface area (Å²) >= 11 is 7.64. The molecule has 0 saturated heterocycles. The number of para-hydroxylation sites is 1. The minimum absolute atomic E-state index is 0.689. The predicted octanol–water partition coefficient (Wildman–Crippen LogP) is 4.28. The summed E-state index contributed by atoms with van der Waals surface area (Å²) in [6.45, 7) is 1.04. The van der Waals surface area contributed by atoms with Crippen LogP contribution in [0.25, 0.3) is 10.2 Å². The van der Waals surface area contributed by atoms with Gasteiger partial charge in [0.1, 0.15) is 0 Å². The van der Waals surface area contributed by atoms with Crippen molar-refractivity contribution in [3.8, 4) is 0 Å². The molecule has 1 fully saturated rings. The van der Waals surface area contributed by atoms with E-state index in [1.54, 1.807) is 11.3 Å². The summed E-state index contributed by atoms with van der Waals surface area (Å²) in [4.78, 5) is 7.24. The van der Waals surface area contributed by atoms with E-state index >= 15 is 0 Å². The lowest BCUT2D eigenvalue weighted by atomic mass is 9.92. The summed E-state index contributed by atoms with van der Waals surface area (Å²) in [7, 11) is 0. The third-order valence-corrected chi connectivity index (χ3v) is 4.92. The second-order valence-electron chi connectivity index (χ2n) is 4.78. The summed E-state index contributed by atoms with van der Waals surface area (Å²) in [5, 5.41) is 1.17. The van der Waals surface area contributed by atoms with Gasteiger partial charge in [-0.2, -0.15) is 0 Å². The number of rotatable bonds is 5. The molecule has 3 rings (SSSR count). The molecule has 1 aliphatic rings. The number of benzene rings is 1. The molecule has 0 bridgehead atoms. The summed E-state index contributed by atoms with van der Waals surface area (Å²) < 4.78 is 1.28. The van der Waals surface area contributed by atoms with E-state index in [0.717, 1.165) is 24.4 Å². The molecule has 1 aliphatic carbocycles. The Bertz CT molecular complexity index is 488. The van der Waals surface area contributed by atoms with E-state index in [1.165, 1.54) is 29.1 Å². The number of hydrogen-bond donors (Lipinski definition) is 0. The Morgan fingerprint density at radius 1 is 1.33 bits per heavy atom. The summed E-state index contributed by atoms with van der Waals surface area (Å²) in [6, 6.07) is 9.07. The van der Waals surface area contributed by atoms with Crippen molar-refractivity contribution in [3.05, 3.63) is 24.3 Å². The zero-order chi connectivity index (χ0) is 12.4. The molecule has 0 spiro atoms. The molecule has 1 aromatic heterocycles. The highest BCUT2D eigenvalue weighted by atomic mass is 35.5. The van der Waals surface area contributed by atoms with E-state index in [0.29, 0.717) is 6.04 Å². The molecular weight excluding hydrogens is 264 g/mol. The average Bonchev–Trinajstić information content (AvgIpc) is 2.75. The van der Waals surface area contributed by atoms with Gasteiger partial charge in [0.15, 0.2) is 5.13 Å². The van der Waals surface area contributed by atoms with Crippen LogP contribution in [0.15, 0.2) is 24.3 Å². The molecule has 1 aromatic carbocycles. The standard InChI is InChI=1S/C14H17ClN2S/c15-9-4-10-17(11-5-3-6-11)14-16-12-7-1-2-8-13(12)18-14/h1-2,7-8,11H,3-6,9-10H2. The molecule has 1 heterocycles. The second-order valence-corrected chi connectivity index (χ2v) is 6.17. The van der Waals surface area contributed by atoms with Gasteiger partial charge in [0.2, 0.25) is 0 Å². The van der Waals surface area contributed by atoms with Gasteiger partial charge >= 0.3 is 0 Å². The average molecular weight is 281 g/mol. The molecule has 4 heteroatoms. The van der Waals surface area contributed by atoms with Crippen molar-refractivity contribution in [3.63, 3.8) is 0 Å². The lowest BCUT2D eigenvalue weighted by molar-refractivity contribution is 0.386. The molecule has 2 nitrogen and oxygen atoms in total. The third kappa shape index (κ3) is 2.34. The van der Waals surface area contributed by atoms with Crippen LogP contribution in [0.3, 0.4) is 0 Å². The molecular formula is C14H17ClN2S. The van der Waals surface area contributed by atoms with Gasteiger partial charge in [-0.1, -0.05) is 23.5 Å². The maximum Gasteiger partial charge on any atom is 0.186 e. The number of fused-ring (bicyclic) bond motifs is 1. The van der Waals surface area contributed by atoms with Gasteiger partial charge in [-0.15, -0.1) is 11.6 Å². The highest BCUT2D eigenvalue weighted by Gasteiger charge is 2.26. The number of hydrogen-bond acceptors (Lipinski definition) is 3. The monoisotopic (exact) mass is 280 g/mol. The fraction of sp³-hybridized carbons (Fsp3) is 0.500. The van der Waals surface area contributed by atoms with Crippen molar-refractivity contribution in [1.29, 1.82) is 0 Å². The summed E-state index contributed by atoms with van der Waals surface area (Å²) in [6.07, 6.45) is 5.00. The van der Waals surface area contributed by atoms with Crippen LogP contribution in [0.1, 0.15) is 25.7 Å². The Morgan fingerprint density at radius 2 is 2.17 bits per heavy atom. The molecule has 18 heavy (non-hydrogen) atoms. The van der Waals surface area contributed by atoms with Gasteiger partial charge in [-0.25, -0.2) is 4.98 Å². The van der Waals surface area contributed by atoms with Crippen molar-refractivity contribution in [2.24, 2.45) is 0 Å². The van der Waals surface area contributed by atoms with E-state index in [-0.39, 0.29) is 0 Å². The number of alkyl halides is 1. The normalized spacial score (nSPS) is 15.8. The van der Waals surface area contributed by atoms with Gasteiger partial charge in [-0.3, -0.25) is 0 Å². The molecule has 96 valence electrons. The van der Waals surface area contributed by atoms with Crippen LogP contribution in [0, 0.1) is 0 Å². The van der Waals surface area contributed by atoms with Crippen molar-refractivity contribution >= 4 is 38.3 Å². The van der Waals surface area contributed by atoms with Crippen LogP contribution in [-0.4, -0.2) is 23.5 Å². The maximum atomic E-state index is 5.83. The van der Waals surface area contributed by atoms with E-state index in [9.17, 15) is 0 Å². The first-order chi connectivity index (χ1) is 8.88. The first-order valence-electron chi connectivity index (χ1n) is 6.56. The number of thiazole rings is 1. The number of aromatic nitrogens is 1. The zero-order valence-electron chi connectivity index (χ0n) is 10.3. The van der Waals surface area contributed by atoms with E-state index in [1.807, 2.05) is 0 Å². The fourth-order valence-corrected chi connectivity index (χ4v) is 3.53. The first-order valence-corrected chi connectivity index (χ1v) is 7.92. The van der Waals surface area contributed by atoms with Crippen LogP contribution in [0.4, 0.5) is 5.13 Å². The minimum Gasteiger partial charge on any atom is -0.345 e. The highest BCUT2D eigenvalue weighted by Crippen LogP contribution is 2.34. The van der Waals surface area contributed by atoms with Crippen molar-refractivity contribution in [1.82, 2.24) is 4.98 Å². The van der Waals surface area contributed by atoms with Crippen LogP contribution in [0.2, 0.25) is 0 Å². The SMILES string of the molecule is ClCCCN(c1nc2ccccc2s1)C1CCC1. The smallest absolute Gasteiger partial charge is 0.186 e. The van der Waals surface area contributed by atoms with Crippen LogP contribution in [-0.2, 0) is 0 Å². The van der Waals surface area contributed by atoms with Gasteiger partial charge in [0.25, 0.3) is 0 Å². The molecule has 1 saturated carbocycles. The van der Waals surface area contributed by atoms with Crippen LogP contribution in [0.5, 0.6) is 0 Å². The topological polar surface area (TPSA) is 16.1 Å². The molecule has 0 N–H and O–H groups in total. The lowest BCUT2D eigenvalue weighted by Crippen LogP contribution is -2.41. The van der Waals surface area contributed by atoms with Gasteiger partial charge in [-0.05, 0) is 37.8 Å². The number of nitrogens with zero attached hydrogens (tertiary/aromatic N) is 2. The second kappa shape index (κ2) is 5.45. The number of anilines is 1. The quantitative estimate of drug-likeness (QED) is 0.760. The van der Waals surface area contributed by atoms with Gasteiger partial charge in [0, 0.05) is 18.5 Å². The largest absolute Gasteiger partial charge is 0.345 e. The Morgan fingerprint density at radius 3 is 2.83 bits per heavy atom. The summed E-state index contributed by atoms with van der Waals surface area (Å²) in [5.41, 5.74) is 1.12. The van der Waals surface area contributed by atoms with E-state index in [4.69, 9.17) is 16.6 Å². The molecule has 0 amide bonds. The molecule has 0 unspecified atom stereocenters. The Balaban J connectivity index is 1.87. The van der Waals surface area contributed by atoms with Gasteiger partial charge in [0.05, 0.1) is 10.2 Å². The highest BCUT2D eigenvalue weighted by molar-refractivity contribution is 7.22. The van der Waals surface area contributed by atoms with Crippen molar-refractivity contribution in [2.45, 2.75) is 31.7 Å². The number of halogens is 1. The fourth-order valence-electron chi connectivity index (χ4n) is 2.35. The maximum absolute atomic E-state index is 5.83. The van der Waals surface area contributed by atoms with Crippen LogP contribution < -0.4 is 4.90 Å². The molecule has 0 aliphatic heterocycles. The third-order valence-electron chi connectivity index (χ3n) is 3.58. The molecule has 0 atom stereocenters. The Kier molecular flexibility index (Phi) is 3.71. The minimum atomic E-state index is 0.689. The van der Waals surface area contributed by atoms with Crippen molar-refractivity contribution in [2.75, 3.05) is 17.3 Å². The lowest BCUT2D eigenvalue weighted by Gasteiger charge is -2.37. The van der Waals surface area contributed by atoms with Gasteiger partial charge < -0.3 is 4.90 Å². The first kappa shape index (κ1) is 12.2. The summed E-state index contributed by atoms with van der Waals surface area (Å²) in [5.74, 6) is 0.730. The van der Waals surface area contributed by atoms with Crippen LogP contribution >= 0.6 is 22.9 Å². The Labute approximate surface area is 117 Å². The molecule has 2 aromatic rings. The molecule has 0 radical (unpaired) electrons. The van der Waals surface area contributed by atoms with E-state index < -0.39 is 0 Å². The zero-order valence-corrected chi connectivity index (χ0v) is 11.9.